The predicted molar refractivity (Wildman–Crippen MR) is 91.9 cm³/mol. The van der Waals surface area contributed by atoms with E-state index in [-0.39, 0.29) is 18.3 Å². The minimum absolute atomic E-state index is 0.0627. The van der Waals surface area contributed by atoms with E-state index in [0.29, 0.717) is 19.5 Å². The summed E-state index contributed by atoms with van der Waals surface area (Å²) >= 11 is 0. The summed E-state index contributed by atoms with van der Waals surface area (Å²) in [4.78, 5) is 8.63. The molecular weight excluding hydrogens is 305 g/mol. The Labute approximate surface area is 140 Å². The lowest BCUT2D eigenvalue weighted by Crippen LogP contribution is -2.27. The predicted octanol–water partition coefficient (Wildman–Crippen LogP) is 2.71. The number of fused-ring (bicyclic) bond motifs is 1. The van der Waals surface area contributed by atoms with E-state index in [1.54, 1.807) is 18.5 Å². The first-order valence-electron chi connectivity index (χ1n) is 8.01. The maximum Gasteiger partial charge on any atom is 0.124 e. The Kier molecular flexibility index (Phi) is 5.46. The highest BCUT2D eigenvalue weighted by Gasteiger charge is 2.10. The van der Waals surface area contributed by atoms with Gasteiger partial charge in [0.05, 0.1) is 5.52 Å². The lowest BCUT2D eigenvalue weighted by Gasteiger charge is -2.15. The van der Waals surface area contributed by atoms with Crippen LogP contribution in [0, 0.1) is 11.7 Å². The minimum Gasteiger partial charge on any atom is -0.396 e. The highest BCUT2D eigenvalue weighted by Crippen LogP contribution is 2.18. The van der Waals surface area contributed by atoms with Crippen LogP contribution in [0.1, 0.15) is 11.3 Å². The molecular formula is C19H20FN3O. The van der Waals surface area contributed by atoms with Gasteiger partial charge in [-0.25, -0.2) is 4.39 Å². The standard InChI is InChI=1S/C19H20FN3O/c20-17-9-15-4-3-7-23-19(15)16(10-17)12-21-11-14(13-24)8-18-5-1-2-6-22-18/h1-7,9-10,14,21,24H,8,11-13H2. The first-order valence-corrected chi connectivity index (χ1v) is 8.01. The number of hydrogen-bond donors (Lipinski definition) is 2. The quantitative estimate of drug-likeness (QED) is 0.701. The van der Waals surface area contributed by atoms with Crippen molar-refractivity contribution in [2.24, 2.45) is 5.92 Å². The van der Waals surface area contributed by atoms with Crippen LogP contribution in [0.25, 0.3) is 10.9 Å². The summed E-state index contributed by atoms with van der Waals surface area (Å²) in [5.41, 5.74) is 2.58. The van der Waals surface area contributed by atoms with Gasteiger partial charge in [-0.3, -0.25) is 9.97 Å². The van der Waals surface area contributed by atoms with Crippen molar-refractivity contribution in [2.75, 3.05) is 13.2 Å². The number of aliphatic hydroxyl groups is 1. The second kappa shape index (κ2) is 7.95. The van der Waals surface area contributed by atoms with E-state index in [9.17, 15) is 9.50 Å². The Balaban J connectivity index is 1.63. The first kappa shape index (κ1) is 16.5. The van der Waals surface area contributed by atoms with Gasteiger partial charge in [0.15, 0.2) is 0 Å². The molecule has 4 nitrogen and oxygen atoms in total. The number of halogens is 1. The van der Waals surface area contributed by atoms with Gasteiger partial charge in [-0.15, -0.1) is 0 Å². The smallest absolute Gasteiger partial charge is 0.124 e. The van der Waals surface area contributed by atoms with Gasteiger partial charge in [-0.05, 0) is 48.2 Å². The number of nitrogens with zero attached hydrogens (tertiary/aromatic N) is 2. The molecule has 0 radical (unpaired) electrons. The van der Waals surface area contributed by atoms with Crippen LogP contribution in [0.2, 0.25) is 0 Å². The van der Waals surface area contributed by atoms with E-state index in [0.717, 1.165) is 22.2 Å². The number of nitrogens with one attached hydrogen (secondary N) is 1. The topological polar surface area (TPSA) is 58.0 Å². The number of pyridine rings is 2. The molecule has 1 atom stereocenters. The fraction of sp³-hybridized carbons (Fsp3) is 0.263. The van der Waals surface area contributed by atoms with E-state index in [1.807, 2.05) is 24.3 Å². The molecule has 0 aliphatic heterocycles. The molecule has 3 aromatic rings. The normalized spacial score (nSPS) is 12.4. The summed E-state index contributed by atoms with van der Waals surface area (Å²) in [5.74, 6) is -0.202. The molecule has 3 rings (SSSR count). The fourth-order valence-corrected chi connectivity index (χ4v) is 2.79. The van der Waals surface area contributed by atoms with Crippen LogP contribution < -0.4 is 5.32 Å². The molecule has 1 aromatic carbocycles. The molecule has 0 amide bonds. The second-order valence-electron chi connectivity index (χ2n) is 5.84. The van der Waals surface area contributed by atoms with E-state index in [4.69, 9.17) is 0 Å². The molecule has 2 N–H and O–H groups in total. The molecule has 0 bridgehead atoms. The molecule has 2 heterocycles. The third kappa shape index (κ3) is 4.13. The minimum atomic E-state index is -0.264. The fourth-order valence-electron chi connectivity index (χ4n) is 2.79. The van der Waals surface area contributed by atoms with Crippen LogP contribution in [0.5, 0.6) is 0 Å². The van der Waals surface area contributed by atoms with Gasteiger partial charge in [-0.1, -0.05) is 12.1 Å². The van der Waals surface area contributed by atoms with Crippen LogP contribution in [-0.4, -0.2) is 28.2 Å². The zero-order valence-electron chi connectivity index (χ0n) is 13.3. The number of hydrogen-bond acceptors (Lipinski definition) is 4. The van der Waals surface area contributed by atoms with Gasteiger partial charge >= 0.3 is 0 Å². The molecule has 124 valence electrons. The number of aromatic nitrogens is 2. The summed E-state index contributed by atoms with van der Waals surface area (Å²) < 4.78 is 13.7. The molecule has 0 saturated heterocycles. The lowest BCUT2D eigenvalue weighted by molar-refractivity contribution is 0.220. The molecule has 0 saturated carbocycles. The Hall–Kier alpha value is -2.37. The maximum absolute atomic E-state index is 13.7. The lowest BCUT2D eigenvalue weighted by atomic mass is 10.0. The van der Waals surface area contributed by atoms with E-state index in [2.05, 4.69) is 15.3 Å². The monoisotopic (exact) mass is 325 g/mol. The van der Waals surface area contributed by atoms with Gasteiger partial charge in [0.2, 0.25) is 0 Å². The Morgan fingerprint density at radius 1 is 1.08 bits per heavy atom. The summed E-state index contributed by atoms with van der Waals surface area (Å²) in [6, 6.07) is 12.4. The van der Waals surface area contributed by atoms with Crippen molar-refractivity contribution in [2.45, 2.75) is 13.0 Å². The molecule has 1 unspecified atom stereocenters. The number of benzene rings is 1. The first-order chi connectivity index (χ1) is 11.8. The highest BCUT2D eigenvalue weighted by atomic mass is 19.1. The Morgan fingerprint density at radius 3 is 2.75 bits per heavy atom. The molecule has 0 fully saturated rings. The van der Waals surface area contributed by atoms with E-state index >= 15 is 0 Å². The van der Waals surface area contributed by atoms with E-state index in [1.165, 1.54) is 12.1 Å². The second-order valence-corrected chi connectivity index (χ2v) is 5.84. The summed E-state index contributed by atoms with van der Waals surface area (Å²) in [7, 11) is 0. The van der Waals surface area contributed by atoms with Crippen molar-refractivity contribution >= 4 is 10.9 Å². The van der Waals surface area contributed by atoms with Crippen LogP contribution in [0.3, 0.4) is 0 Å². The Morgan fingerprint density at radius 2 is 1.96 bits per heavy atom. The maximum atomic E-state index is 13.7. The molecule has 0 aliphatic carbocycles. The molecule has 5 heteroatoms. The van der Waals surface area contributed by atoms with Gasteiger partial charge in [0, 0.05) is 43.2 Å². The van der Waals surface area contributed by atoms with Crippen molar-refractivity contribution in [1.82, 2.24) is 15.3 Å². The third-order valence-corrected chi connectivity index (χ3v) is 3.98. The summed E-state index contributed by atoms with van der Waals surface area (Å²) in [6.45, 7) is 1.20. The largest absolute Gasteiger partial charge is 0.396 e. The van der Waals surface area contributed by atoms with E-state index < -0.39 is 0 Å². The van der Waals surface area contributed by atoms with Crippen LogP contribution in [-0.2, 0) is 13.0 Å². The SMILES string of the molecule is OCC(CNCc1cc(F)cc2cccnc12)Cc1ccccn1. The third-order valence-electron chi connectivity index (χ3n) is 3.98. The molecule has 24 heavy (non-hydrogen) atoms. The van der Waals surface area contributed by atoms with Crippen LogP contribution >= 0.6 is 0 Å². The van der Waals surface area contributed by atoms with Gasteiger partial charge in [0.1, 0.15) is 5.82 Å². The number of aliphatic hydroxyl groups excluding tert-OH is 1. The zero-order chi connectivity index (χ0) is 16.8. The van der Waals surface area contributed by atoms with Crippen LogP contribution in [0.15, 0.2) is 54.9 Å². The summed E-state index contributed by atoms with van der Waals surface area (Å²) in [6.07, 6.45) is 4.16. The average molecular weight is 325 g/mol. The summed E-state index contributed by atoms with van der Waals surface area (Å²) in [5, 5.41) is 13.7. The average Bonchev–Trinajstić information content (AvgIpc) is 2.61. The van der Waals surface area contributed by atoms with Crippen molar-refractivity contribution in [1.29, 1.82) is 0 Å². The van der Waals surface area contributed by atoms with Gasteiger partial charge in [-0.2, -0.15) is 0 Å². The van der Waals surface area contributed by atoms with Crippen molar-refractivity contribution in [3.63, 3.8) is 0 Å². The van der Waals surface area contributed by atoms with Gasteiger partial charge < -0.3 is 10.4 Å². The van der Waals surface area contributed by atoms with Crippen LogP contribution in [0.4, 0.5) is 4.39 Å². The zero-order valence-corrected chi connectivity index (χ0v) is 13.3. The molecule has 0 aliphatic rings. The Bertz CT molecular complexity index is 795. The molecule has 0 spiro atoms. The van der Waals surface area contributed by atoms with Gasteiger partial charge in [0.25, 0.3) is 0 Å². The highest BCUT2D eigenvalue weighted by molar-refractivity contribution is 5.81. The van der Waals surface area contributed by atoms with Crippen molar-refractivity contribution in [3.8, 4) is 0 Å². The number of rotatable bonds is 7. The molecule has 2 aromatic heterocycles. The van der Waals surface area contributed by atoms with Crippen molar-refractivity contribution < 1.29 is 9.50 Å². The van der Waals surface area contributed by atoms with Crippen molar-refractivity contribution in [3.05, 3.63) is 71.9 Å².